The molecule has 12 heavy (non-hydrogen) atoms. The Labute approximate surface area is 71.2 Å². The van der Waals surface area contributed by atoms with E-state index in [0.717, 1.165) is 17.7 Å². The van der Waals surface area contributed by atoms with E-state index in [1.807, 2.05) is 12.1 Å². The fraction of sp³-hybridized carbons (Fsp3) is 0.444. The third-order valence-electron chi connectivity index (χ3n) is 2.48. The number of pyridine rings is 1. The number of aromatic nitrogens is 1. The second-order valence-corrected chi connectivity index (χ2v) is 3.25. The summed E-state index contributed by atoms with van der Waals surface area (Å²) in [5, 5.41) is 9.96. The van der Waals surface area contributed by atoms with E-state index in [-0.39, 0.29) is 6.54 Å². The first-order valence-electron chi connectivity index (χ1n) is 4.13. The molecule has 0 aliphatic heterocycles. The molecule has 0 saturated heterocycles. The van der Waals surface area contributed by atoms with Crippen LogP contribution < -0.4 is 5.73 Å². The highest BCUT2D eigenvalue weighted by Crippen LogP contribution is 2.33. The molecule has 3 heteroatoms. The standard InChI is InChI=1S/C9H12N2O/c10-6-9(12)4-3-7-2-1-5-11-8(7)9/h1-2,5,12H,3-4,6,10H2. The van der Waals surface area contributed by atoms with Crippen LogP contribution in [-0.2, 0) is 12.0 Å². The van der Waals surface area contributed by atoms with Crippen LogP contribution in [0.25, 0.3) is 0 Å². The number of nitrogens with zero attached hydrogens (tertiary/aromatic N) is 1. The minimum atomic E-state index is -0.864. The average Bonchev–Trinajstić information content (AvgIpc) is 2.46. The third kappa shape index (κ3) is 0.940. The molecule has 1 aromatic rings. The highest BCUT2D eigenvalue weighted by atomic mass is 16.3. The fourth-order valence-electron chi connectivity index (χ4n) is 1.72. The van der Waals surface area contributed by atoms with E-state index in [0.29, 0.717) is 6.42 Å². The van der Waals surface area contributed by atoms with E-state index in [4.69, 9.17) is 5.73 Å². The van der Waals surface area contributed by atoms with Crippen molar-refractivity contribution in [3.63, 3.8) is 0 Å². The molecule has 0 fully saturated rings. The summed E-state index contributed by atoms with van der Waals surface area (Å²) in [5.41, 5.74) is 6.53. The highest BCUT2D eigenvalue weighted by Gasteiger charge is 2.36. The molecule has 0 spiro atoms. The number of hydrogen-bond acceptors (Lipinski definition) is 3. The lowest BCUT2D eigenvalue weighted by Crippen LogP contribution is -2.33. The first-order chi connectivity index (χ1) is 5.76. The minimum absolute atomic E-state index is 0.261. The molecule has 3 N–H and O–H groups in total. The summed E-state index contributed by atoms with van der Waals surface area (Å²) in [5.74, 6) is 0. The molecule has 1 aliphatic carbocycles. The molecule has 1 atom stereocenters. The van der Waals surface area contributed by atoms with Gasteiger partial charge in [-0.05, 0) is 24.5 Å². The van der Waals surface area contributed by atoms with Crippen molar-refractivity contribution < 1.29 is 5.11 Å². The zero-order chi connectivity index (χ0) is 8.60. The van der Waals surface area contributed by atoms with Gasteiger partial charge >= 0.3 is 0 Å². The lowest BCUT2D eigenvalue weighted by atomic mass is 10.0. The normalized spacial score (nSPS) is 27.2. The summed E-state index contributed by atoms with van der Waals surface area (Å²) in [4.78, 5) is 4.15. The summed E-state index contributed by atoms with van der Waals surface area (Å²) in [6.07, 6.45) is 3.29. The van der Waals surface area contributed by atoms with Crippen LogP contribution in [0.15, 0.2) is 18.3 Å². The van der Waals surface area contributed by atoms with Crippen LogP contribution in [-0.4, -0.2) is 16.6 Å². The van der Waals surface area contributed by atoms with Crippen molar-refractivity contribution in [2.45, 2.75) is 18.4 Å². The van der Waals surface area contributed by atoms with Gasteiger partial charge in [0, 0.05) is 12.7 Å². The number of hydrogen-bond donors (Lipinski definition) is 2. The molecular weight excluding hydrogens is 152 g/mol. The topological polar surface area (TPSA) is 59.1 Å². The van der Waals surface area contributed by atoms with Gasteiger partial charge in [0.15, 0.2) is 0 Å². The van der Waals surface area contributed by atoms with Gasteiger partial charge in [0.1, 0.15) is 5.60 Å². The Kier molecular flexibility index (Phi) is 1.63. The van der Waals surface area contributed by atoms with E-state index in [9.17, 15) is 5.11 Å². The number of aliphatic hydroxyl groups is 1. The third-order valence-corrected chi connectivity index (χ3v) is 2.48. The van der Waals surface area contributed by atoms with E-state index in [2.05, 4.69) is 4.98 Å². The average molecular weight is 164 g/mol. The molecule has 1 aromatic heterocycles. The number of aryl methyl sites for hydroxylation is 1. The quantitative estimate of drug-likeness (QED) is 0.622. The number of fused-ring (bicyclic) bond motifs is 1. The van der Waals surface area contributed by atoms with Crippen molar-refractivity contribution in [2.75, 3.05) is 6.54 Å². The molecule has 2 rings (SSSR count). The molecule has 0 saturated carbocycles. The molecule has 0 bridgehead atoms. The van der Waals surface area contributed by atoms with Gasteiger partial charge in [-0.2, -0.15) is 0 Å². The van der Waals surface area contributed by atoms with Gasteiger partial charge < -0.3 is 10.8 Å². The summed E-state index contributed by atoms with van der Waals surface area (Å²) in [6.45, 7) is 0.261. The molecule has 1 heterocycles. The van der Waals surface area contributed by atoms with Gasteiger partial charge in [-0.25, -0.2) is 0 Å². The zero-order valence-corrected chi connectivity index (χ0v) is 6.83. The van der Waals surface area contributed by atoms with Gasteiger partial charge in [-0.1, -0.05) is 6.07 Å². The summed E-state index contributed by atoms with van der Waals surface area (Å²) >= 11 is 0. The predicted molar refractivity (Wildman–Crippen MR) is 45.5 cm³/mol. The largest absolute Gasteiger partial charge is 0.382 e. The summed E-state index contributed by atoms with van der Waals surface area (Å²) in [6, 6.07) is 3.89. The Balaban J connectivity index is 2.49. The van der Waals surface area contributed by atoms with Crippen molar-refractivity contribution in [2.24, 2.45) is 5.73 Å². The molecule has 1 unspecified atom stereocenters. The fourth-order valence-corrected chi connectivity index (χ4v) is 1.72. The number of rotatable bonds is 1. The lowest BCUT2D eigenvalue weighted by Gasteiger charge is -2.19. The maximum Gasteiger partial charge on any atom is 0.119 e. The monoisotopic (exact) mass is 164 g/mol. The molecule has 0 radical (unpaired) electrons. The van der Waals surface area contributed by atoms with Crippen LogP contribution in [0.3, 0.4) is 0 Å². The van der Waals surface area contributed by atoms with Crippen molar-refractivity contribution in [3.8, 4) is 0 Å². The molecule has 0 aromatic carbocycles. The maximum absolute atomic E-state index is 9.96. The Hall–Kier alpha value is -0.930. The molecule has 1 aliphatic rings. The Morgan fingerprint density at radius 1 is 1.67 bits per heavy atom. The Morgan fingerprint density at radius 2 is 2.50 bits per heavy atom. The zero-order valence-electron chi connectivity index (χ0n) is 6.83. The molecule has 0 amide bonds. The van der Waals surface area contributed by atoms with Gasteiger partial charge in [0.2, 0.25) is 0 Å². The second kappa shape index (κ2) is 2.54. The van der Waals surface area contributed by atoms with E-state index >= 15 is 0 Å². The van der Waals surface area contributed by atoms with Gasteiger partial charge in [0.25, 0.3) is 0 Å². The summed E-state index contributed by atoms with van der Waals surface area (Å²) in [7, 11) is 0. The van der Waals surface area contributed by atoms with Crippen molar-refractivity contribution >= 4 is 0 Å². The maximum atomic E-state index is 9.96. The van der Waals surface area contributed by atoms with Crippen LogP contribution in [0.4, 0.5) is 0 Å². The van der Waals surface area contributed by atoms with Crippen LogP contribution in [0, 0.1) is 0 Å². The van der Waals surface area contributed by atoms with Crippen LogP contribution >= 0.6 is 0 Å². The van der Waals surface area contributed by atoms with Gasteiger partial charge in [-0.15, -0.1) is 0 Å². The lowest BCUT2D eigenvalue weighted by molar-refractivity contribution is 0.0441. The molecule has 3 nitrogen and oxygen atoms in total. The second-order valence-electron chi connectivity index (χ2n) is 3.25. The van der Waals surface area contributed by atoms with Gasteiger partial charge in [-0.3, -0.25) is 4.98 Å². The van der Waals surface area contributed by atoms with Crippen molar-refractivity contribution in [3.05, 3.63) is 29.6 Å². The van der Waals surface area contributed by atoms with E-state index in [1.165, 1.54) is 0 Å². The smallest absolute Gasteiger partial charge is 0.119 e. The van der Waals surface area contributed by atoms with Gasteiger partial charge in [0.05, 0.1) is 5.69 Å². The highest BCUT2D eigenvalue weighted by molar-refractivity contribution is 5.31. The molecule has 64 valence electrons. The van der Waals surface area contributed by atoms with E-state index < -0.39 is 5.60 Å². The SMILES string of the molecule is NCC1(O)CCc2cccnc21. The minimum Gasteiger partial charge on any atom is -0.382 e. The summed E-state index contributed by atoms with van der Waals surface area (Å²) < 4.78 is 0. The van der Waals surface area contributed by atoms with Crippen LogP contribution in [0.2, 0.25) is 0 Å². The van der Waals surface area contributed by atoms with E-state index in [1.54, 1.807) is 6.20 Å². The van der Waals surface area contributed by atoms with Crippen LogP contribution in [0.1, 0.15) is 17.7 Å². The molecular formula is C9H12N2O. The Bertz CT molecular complexity index is 300. The van der Waals surface area contributed by atoms with Crippen molar-refractivity contribution in [1.29, 1.82) is 0 Å². The first-order valence-corrected chi connectivity index (χ1v) is 4.13. The first kappa shape index (κ1) is 7.71. The number of nitrogens with two attached hydrogens (primary N) is 1. The van der Waals surface area contributed by atoms with Crippen molar-refractivity contribution in [1.82, 2.24) is 4.98 Å². The predicted octanol–water partition coefficient (Wildman–Crippen LogP) is 0.174. The Morgan fingerprint density at radius 3 is 3.25 bits per heavy atom. The van der Waals surface area contributed by atoms with Crippen LogP contribution in [0.5, 0.6) is 0 Å².